The first-order chi connectivity index (χ1) is 9.35. The maximum atomic E-state index is 12.4. The van der Waals surface area contributed by atoms with Gasteiger partial charge in [-0.25, -0.2) is 8.42 Å². The number of aryl methyl sites for hydroxylation is 3. The Bertz CT molecular complexity index is 737. The van der Waals surface area contributed by atoms with Gasteiger partial charge >= 0.3 is 0 Å². The number of hydrogen-bond donors (Lipinski definition) is 3. The molecule has 0 aliphatic heterocycles. The molecule has 0 saturated heterocycles. The second kappa shape index (κ2) is 5.22. The maximum Gasteiger partial charge on any atom is 0.265 e. The van der Waals surface area contributed by atoms with E-state index in [0.717, 1.165) is 5.69 Å². The summed E-state index contributed by atoms with van der Waals surface area (Å²) in [5.41, 5.74) is 2.26. The summed E-state index contributed by atoms with van der Waals surface area (Å²) >= 11 is 0. The molecule has 2 rings (SSSR count). The fourth-order valence-electron chi connectivity index (χ4n) is 1.92. The molecule has 0 radical (unpaired) electrons. The van der Waals surface area contributed by atoms with Gasteiger partial charge in [-0.15, -0.1) is 0 Å². The van der Waals surface area contributed by atoms with Crippen molar-refractivity contribution < 1.29 is 13.5 Å². The van der Waals surface area contributed by atoms with Crippen LogP contribution in [-0.2, 0) is 16.6 Å². The highest BCUT2D eigenvalue weighted by Gasteiger charge is 2.24. The predicted octanol–water partition coefficient (Wildman–Crippen LogP) is 1.02. The summed E-state index contributed by atoms with van der Waals surface area (Å²) < 4.78 is 27.3. The van der Waals surface area contributed by atoms with E-state index in [-0.39, 0.29) is 10.6 Å². The summed E-state index contributed by atoms with van der Waals surface area (Å²) in [5, 5.41) is 15.5. The van der Waals surface area contributed by atoms with Crippen molar-refractivity contribution in [2.75, 3.05) is 4.72 Å². The fourth-order valence-corrected chi connectivity index (χ4v) is 3.40. The maximum absolute atomic E-state index is 12.4. The van der Waals surface area contributed by atoms with Crippen LogP contribution in [0.5, 0.6) is 0 Å². The molecule has 2 heterocycles. The highest BCUT2D eigenvalue weighted by molar-refractivity contribution is 7.92. The van der Waals surface area contributed by atoms with Crippen LogP contribution in [0.3, 0.4) is 0 Å². The van der Waals surface area contributed by atoms with Gasteiger partial charge in [-0.3, -0.25) is 14.8 Å². The number of nitrogens with one attached hydrogen (secondary N) is 2. The van der Waals surface area contributed by atoms with Crippen molar-refractivity contribution in [3.05, 3.63) is 34.9 Å². The number of anilines is 1. The highest BCUT2D eigenvalue weighted by Crippen LogP contribution is 2.22. The lowest BCUT2D eigenvalue weighted by molar-refractivity contribution is 0.273. The van der Waals surface area contributed by atoms with E-state index in [1.54, 1.807) is 26.0 Å². The fraction of sp³-hybridized carbons (Fsp3) is 0.333. The molecule has 3 N–H and O–H groups in total. The first kappa shape index (κ1) is 14.5. The highest BCUT2D eigenvalue weighted by atomic mass is 32.2. The van der Waals surface area contributed by atoms with Crippen molar-refractivity contribution in [3.8, 4) is 0 Å². The van der Waals surface area contributed by atoms with Gasteiger partial charge in [0.15, 0.2) is 0 Å². The number of hydrogen-bond acceptors (Lipinski definition) is 5. The third-order valence-corrected chi connectivity index (χ3v) is 4.42. The molecule has 108 valence electrons. The van der Waals surface area contributed by atoms with Gasteiger partial charge in [0.25, 0.3) is 10.0 Å². The Morgan fingerprint density at radius 3 is 2.60 bits per heavy atom. The number of aliphatic hydroxyl groups excluding tert-OH is 1. The van der Waals surface area contributed by atoms with Crippen LogP contribution in [-0.4, -0.2) is 28.7 Å². The summed E-state index contributed by atoms with van der Waals surface area (Å²) in [7, 11) is -3.82. The smallest absolute Gasteiger partial charge is 0.265 e. The van der Waals surface area contributed by atoms with Gasteiger partial charge in [0, 0.05) is 5.69 Å². The summed E-state index contributed by atoms with van der Waals surface area (Å²) in [6.45, 7) is 4.68. The zero-order chi connectivity index (χ0) is 14.9. The molecule has 0 fully saturated rings. The lowest BCUT2D eigenvalue weighted by Crippen LogP contribution is -2.16. The zero-order valence-electron chi connectivity index (χ0n) is 11.4. The molecule has 20 heavy (non-hydrogen) atoms. The van der Waals surface area contributed by atoms with Crippen LogP contribution < -0.4 is 4.72 Å². The van der Waals surface area contributed by atoms with Crippen LogP contribution in [0.1, 0.15) is 22.8 Å². The molecule has 8 heteroatoms. The second-order valence-electron chi connectivity index (χ2n) is 4.47. The molecule has 0 atom stereocenters. The number of sulfonamides is 1. The largest absolute Gasteiger partial charge is 0.390 e. The Kier molecular flexibility index (Phi) is 3.78. The van der Waals surface area contributed by atoms with E-state index < -0.39 is 16.6 Å². The predicted molar refractivity (Wildman–Crippen MR) is 73.8 cm³/mol. The monoisotopic (exact) mass is 296 g/mol. The molecular formula is C12H16N4O3S. The third kappa shape index (κ3) is 2.66. The van der Waals surface area contributed by atoms with Gasteiger partial charge in [-0.1, -0.05) is 0 Å². The summed E-state index contributed by atoms with van der Waals surface area (Å²) in [4.78, 5) is 4.18. The van der Waals surface area contributed by atoms with Gasteiger partial charge in [-0.05, 0) is 32.9 Å². The molecule has 0 saturated carbocycles. The number of aromatic nitrogens is 3. The van der Waals surface area contributed by atoms with Crippen molar-refractivity contribution in [1.29, 1.82) is 0 Å². The van der Waals surface area contributed by atoms with Gasteiger partial charge in [0.05, 0.1) is 23.7 Å². The lowest BCUT2D eigenvalue weighted by Gasteiger charge is -2.10. The molecule has 2 aromatic heterocycles. The van der Waals surface area contributed by atoms with Crippen LogP contribution in [0, 0.1) is 20.8 Å². The van der Waals surface area contributed by atoms with Crippen LogP contribution in [0.25, 0.3) is 0 Å². The van der Waals surface area contributed by atoms with Crippen LogP contribution >= 0.6 is 0 Å². The standard InChI is InChI=1S/C12H16N4O3S/c1-7-4-5-10(8(2)13-7)16-20(18,19)12-9(3)14-15-11(12)6-17/h4-5,16-17H,6H2,1-3H3,(H,14,15). The van der Waals surface area contributed by atoms with E-state index in [9.17, 15) is 8.42 Å². The summed E-state index contributed by atoms with van der Waals surface area (Å²) in [6, 6.07) is 3.38. The van der Waals surface area contributed by atoms with Crippen LogP contribution in [0.15, 0.2) is 17.0 Å². The molecule has 0 unspecified atom stereocenters. The topological polar surface area (TPSA) is 108 Å². The van der Waals surface area contributed by atoms with Crippen molar-refractivity contribution >= 4 is 15.7 Å². The third-order valence-electron chi connectivity index (χ3n) is 2.85. The Labute approximate surface area is 117 Å². The van der Waals surface area contributed by atoms with Gasteiger partial charge < -0.3 is 5.11 Å². The number of rotatable bonds is 4. The van der Waals surface area contributed by atoms with Crippen molar-refractivity contribution in [2.45, 2.75) is 32.3 Å². The average molecular weight is 296 g/mol. The normalized spacial score (nSPS) is 11.6. The minimum absolute atomic E-state index is 0.0278. The summed E-state index contributed by atoms with van der Waals surface area (Å²) in [5.74, 6) is 0. The van der Waals surface area contributed by atoms with Crippen molar-refractivity contribution in [2.24, 2.45) is 0 Å². The minimum Gasteiger partial charge on any atom is -0.390 e. The van der Waals surface area contributed by atoms with E-state index in [2.05, 4.69) is 19.9 Å². The summed E-state index contributed by atoms with van der Waals surface area (Å²) in [6.07, 6.45) is 0. The SMILES string of the molecule is Cc1ccc(NS(=O)(=O)c2c(CO)n[nH]c2C)c(C)n1. The Hall–Kier alpha value is -1.93. The Morgan fingerprint density at radius 1 is 1.30 bits per heavy atom. The van der Waals surface area contributed by atoms with Gasteiger partial charge in [0.2, 0.25) is 0 Å². The number of H-pyrrole nitrogens is 1. The zero-order valence-corrected chi connectivity index (χ0v) is 12.2. The molecule has 0 aliphatic carbocycles. The molecule has 7 nitrogen and oxygen atoms in total. The van der Waals surface area contributed by atoms with E-state index >= 15 is 0 Å². The van der Waals surface area contributed by atoms with E-state index in [4.69, 9.17) is 5.11 Å². The molecular weight excluding hydrogens is 280 g/mol. The Morgan fingerprint density at radius 2 is 2.00 bits per heavy atom. The quantitative estimate of drug-likeness (QED) is 0.780. The first-order valence-electron chi connectivity index (χ1n) is 5.97. The molecule has 0 aliphatic rings. The van der Waals surface area contributed by atoms with E-state index in [1.807, 2.05) is 6.92 Å². The number of pyridine rings is 1. The molecule has 0 bridgehead atoms. The minimum atomic E-state index is -3.82. The average Bonchev–Trinajstić information content (AvgIpc) is 2.75. The molecule has 2 aromatic rings. The van der Waals surface area contributed by atoms with Gasteiger partial charge in [0.1, 0.15) is 10.6 Å². The lowest BCUT2D eigenvalue weighted by atomic mass is 10.3. The van der Waals surface area contributed by atoms with Crippen LogP contribution in [0.4, 0.5) is 5.69 Å². The Balaban J connectivity index is 2.43. The second-order valence-corrected chi connectivity index (χ2v) is 6.09. The molecule has 0 spiro atoms. The van der Waals surface area contributed by atoms with Crippen LogP contribution in [0.2, 0.25) is 0 Å². The van der Waals surface area contributed by atoms with Crippen molar-refractivity contribution in [1.82, 2.24) is 15.2 Å². The van der Waals surface area contributed by atoms with E-state index in [0.29, 0.717) is 17.1 Å². The van der Waals surface area contributed by atoms with Gasteiger partial charge in [-0.2, -0.15) is 5.10 Å². The number of aliphatic hydroxyl groups is 1. The number of nitrogens with zero attached hydrogens (tertiary/aromatic N) is 2. The van der Waals surface area contributed by atoms with Crippen molar-refractivity contribution in [3.63, 3.8) is 0 Å². The first-order valence-corrected chi connectivity index (χ1v) is 7.45. The van der Waals surface area contributed by atoms with E-state index in [1.165, 1.54) is 0 Å². The molecule has 0 aromatic carbocycles. The molecule has 0 amide bonds. The number of aromatic amines is 1.